The number of hydrogen-bond acceptors (Lipinski definition) is 6. The Balaban J connectivity index is 1.39. The topological polar surface area (TPSA) is 95.1 Å². The van der Waals surface area contributed by atoms with Crippen LogP contribution in [0.5, 0.6) is 5.75 Å². The Morgan fingerprint density at radius 1 is 1.16 bits per heavy atom. The molecule has 0 aliphatic carbocycles. The van der Waals surface area contributed by atoms with E-state index in [0.29, 0.717) is 24.7 Å². The quantitative estimate of drug-likeness (QED) is 0.434. The van der Waals surface area contributed by atoms with Gasteiger partial charge in [0.2, 0.25) is 17.6 Å². The molecule has 1 N–H and O–H groups in total. The van der Waals surface area contributed by atoms with Gasteiger partial charge in [0.05, 0.1) is 6.61 Å². The van der Waals surface area contributed by atoms with Crippen LogP contribution in [0.15, 0.2) is 71.5 Å². The average molecular weight is 431 g/mol. The second-order valence-electron chi connectivity index (χ2n) is 7.28. The Labute approximate surface area is 186 Å². The van der Waals surface area contributed by atoms with Crippen molar-refractivity contribution >= 4 is 5.91 Å². The highest BCUT2D eigenvalue weighted by Gasteiger charge is 2.21. The Bertz CT molecular complexity index is 1150. The minimum Gasteiger partial charge on any atom is -0.494 e. The highest BCUT2D eigenvalue weighted by Crippen LogP contribution is 2.22. The van der Waals surface area contributed by atoms with Crippen LogP contribution in [0.2, 0.25) is 0 Å². The molecule has 0 saturated carbocycles. The van der Waals surface area contributed by atoms with Crippen LogP contribution in [-0.4, -0.2) is 32.2 Å². The molecule has 2 heterocycles. The zero-order valence-corrected chi connectivity index (χ0v) is 18.1. The summed E-state index contributed by atoms with van der Waals surface area (Å²) in [5.74, 6) is 2.33. The highest BCUT2D eigenvalue weighted by molar-refractivity contribution is 5.77. The van der Waals surface area contributed by atoms with Gasteiger partial charge in [-0.25, -0.2) is 4.98 Å². The minimum atomic E-state index is -0.342. The summed E-state index contributed by atoms with van der Waals surface area (Å²) >= 11 is 0. The summed E-state index contributed by atoms with van der Waals surface area (Å²) in [5, 5.41) is 7.11. The molecule has 32 heavy (non-hydrogen) atoms. The van der Waals surface area contributed by atoms with E-state index < -0.39 is 0 Å². The van der Waals surface area contributed by atoms with E-state index in [9.17, 15) is 4.79 Å². The molecule has 1 unspecified atom stereocenters. The molecule has 1 atom stereocenters. The van der Waals surface area contributed by atoms with E-state index in [2.05, 4.69) is 20.4 Å². The molecule has 0 bridgehead atoms. The van der Waals surface area contributed by atoms with E-state index in [1.807, 2.05) is 79.3 Å². The summed E-state index contributed by atoms with van der Waals surface area (Å²) < 4.78 is 12.7. The predicted octanol–water partition coefficient (Wildman–Crippen LogP) is 3.71. The van der Waals surface area contributed by atoms with Crippen LogP contribution in [0, 0.1) is 0 Å². The van der Waals surface area contributed by atoms with Crippen LogP contribution in [0.3, 0.4) is 0 Å². The lowest BCUT2D eigenvalue weighted by Gasteiger charge is -2.19. The van der Waals surface area contributed by atoms with E-state index in [4.69, 9.17) is 9.26 Å². The number of nitrogens with one attached hydrogen (secondary N) is 1. The first-order valence-corrected chi connectivity index (χ1v) is 10.5. The van der Waals surface area contributed by atoms with Crippen molar-refractivity contribution in [1.29, 1.82) is 0 Å². The van der Waals surface area contributed by atoms with E-state index in [-0.39, 0.29) is 18.4 Å². The molecule has 2 aromatic carbocycles. The molecule has 2 aromatic heterocycles. The number of nitrogens with zero attached hydrogens (tertiary/aromatic N) is 4. The molecular weight excluding hydrogens is 406 g/mol. The van der Waals surface area contributed by atoms with Gasteiger partial charge in [-0.1, -0.05) is 35.5 Å². The lowest BCUT2D eigenvalue weighted by molar-refractivity contribution is -0.121. The van der Waals surface area contributed by atoms with Crippen LogP contribution in [0.4, 0.5) is 0 Å². The van der Waals surface area contributed by atoms with Crippen LogP contribution in [-0.2, 0) is 18.3 Å². The third kappa shape index (κ3) is 5.03. The van der Waals surface area contributed by atoms with Crippen molar-refractivity contribution in [3.63, 3.8) is 0 Å². The predicted molar refractivity (Wildman–Crippen MR) is 119 cm³/mol. The van der Waals surface area contributed by atoms with Gasteiger partial charge in [0.15, 0.2) is 0 Å². The van der Waals surface area contributed by atoms with Gasteiger partial charge in [0.25, 0.3) is 0 Å². The van der Waals surface area contributed by atoms with Crippen LogP contribution < -0.4 is 10.1 Å². The maximum atomic E-state index is 12.7. The lowest BCUT2D eigenvalue weighted by Crippen LogP contribution is -2.31. The first-order chi connectivity index (χ1) is 15.6. The molecule has 0 spiro atoms. The average Bonchev–Trinajstić information content (AvgIpc) is 3.46. The number of amides is 1. The fraction of sp³-hybridized carbons (Fsp3) is 0.250. The molecule has 4 aromatic rings. The van der Waals surface area contributed by atoms with Crippen molar-refractivity contribution in [2.45, 2.75) is 25.8 Å². The summed E-state index contributed by atoms with van der Waals surface area (Å²) in [6, 6.07) is 16.9. The van der Waals surface area contributed by atoms with Gasteiger partial charge >= 0.3 is 0 Å². The molecule has 0 saturated heterocycles. The maximum Gasteiger partial charge on any atom is 0.227 e. The molecular formula is C24H25N5O3. The Hall–Kier alpha value is -3.94. The number of imidazole rings is 1. The summed E-state index contributed by atoms with van der Waals surface area (Å²) in [6.07, 6.45) is 4.15. The van der Waals surface area contributed by atoms with Gasteiger partial charge in [-0.15, -0.1) is 0 Å². The number of hydrogen-bond donors (Lipinski definition) is 1. The van der Waals surface area contributed by atoms with Gasteiger partial charge in [-0.05, 0) is 36.8 Å². The van der Waals surface area contributed by atoms with Crippen molar-refractivity contribution in [1.82, 2.24) is 25.0 Å². The van der Waals surface area contributed by atoms with Gasteiger partial charge in [-0.2, -0.15) is 4.98 Å². The molecule has 8 nitrogen and oxygen atoms in total. The SMILES string of the molecule is CCOc1ccc(-c2noc(CCC(=O)NC(c3ccccc3)c3nccn3C)n2)cc1. The molecule has 0 aliphatic rings. The summed E-state index contributed by atoms with van der Waals surface area (Å²) in [4.78, 5) is 21.6. The number of benzene rings is 2. The molecule has 0 fully saturated rings. The molecule has 4 rings (SSSR count). The normalized spacial score (nSPS) is 11.8. The maximum absolute atomic E-state index is 12.7. The molecule has 8 heteroatoms. The number of aryl methyl sites for hydroxylation is 2. The van der Waals surface area contributed by atoms with Gasteiger partial charge in [-0.3, -0.25) is 4.79 Å². The number of ether oxygens (including phenoxy) is 1. The smallest absolute Gasteiger partial charge is 0.227 e. The van der Waals surface area contributed by atoms with Crippen molar-refractivity contribution in [3.05, 3.63) is 84.3 Å². The van der Waals surface area contributed by atoms with Crippen molar-refractivity contribution in [2.75, 3.05) is 6.61 Å². The molecule has 164 valence electrons. The highest BCUT2D eigenvalue weighted by atomic mass is 16.5. The van der Waals surface area contributed by atoms with Gasteiger partial charge in [0.1, 0.15) is 17.6 Å². The van der Waals surface area contributed by atoms with Crippen LogP contribution in [0.25, 0.3) is 11.4 Å². The number of carbonyl (C=O) groups is 1. The van der Waals surface area contributed by atoms with E-state index in [1.165, 1.54) is 0 Å². The number of rotatable bonds is 9. The monoisotopic (exact) mass is 431 g/mol. The van der Waals surface area contributed by atoms with Gasteiger partial charge < -0.3 is 19.1 Å². The number of aromatic nitrogens is 4. The second-order valence-corrected chi connectivity index (χ2v) is 7.28. The number of carbonyl (C=O) groups excluding carboxylic acids is 1. The van der Waals surface area contributed by atoms with Crippen molar-refractivity contribution in [3.8, 4) is 17.1 Å². The summed E-state index contributed by atoms with van der Waals surface area (Å²) in [7, 11) is 1.91. The summed E-state index contributed by atoms with van der Waals surface area (Å²) in [6.45, 7) is 2.55. The fourth-order valence-corrected chi connectivity index (χ4v) is 3.39. The van der Waals surface area contributed by atoms with E-state index in [0.717, 1.165) is 22.7 Å². The summed E-state index contributed by atoms with van der Waals surface area (Å²) in [5.41, 5.74) is 1.79. The molecule has 1 amide bonds. The zero-order valence-electron chi connectivity index (χ0n) is 18.1. The Morgan fingerprint density at radius 2 is 1.94 bits per heavy atom. The first-order valence-electron chi connectivity index (χ1n) is 10.5. The second kappa shape index (κ2) is 9.91. The van der Waals surface area contributed by atoms with E-state index >= 15 is 0 Å². The zero-order chi connectivity index (χ0) is 22.3. The van der Waals surface area contributed by atoms with E-state index in [1.54, 1.807) is 6.20 Å². The first kappa shape index (κ1) is 21.3. The van der Waals surface area contributed by atoms with Crippen molar-refractivity contribution in [2.24, 2.45) is 7.05 Å². The minimum absolute atomic E-state index is 0.123. The Kier molecular flexibility index (Phi) is 6.60. The van der Waals surface area contributed by atoms with Gasteiger partial charge in [0, 0.05) is 37.8 Å². The Morgan fingerprint density at radius 3 is 2.62 bits per heavy atom. The largest absolute Gasteiger partial charge is 0.494 e. The lowest BCUT2D eigenvalue weighted by atomic mass is 10.1. The molecule has 0 aliphatic heterocycles. The fourth-order valence-electron chi connectivity index (χ4n) is 3.39. The molecule has 0 radical (unpaired) electrons. The van der Waals surface area contributed by atoms with Crippen LogP contribution in [0.1, 0.15) is 36.7 Å². The third-order valence-electron chi connectivity index (χ3n) is 5.01. The van der Waals surface area contributed by atoms with Crippen LogP contribution >= 0.6 is 0 Å². The standard InChI is InChI=1S/C24H25N5O3/c1-3-31-19-11-9-18(10-12-19)23-27-21(32-28-23)14-13-20(30)26-22(17-7-5-4-6-8-17)24-25-15-16-29(24)2/h4-12,15-16,22H,3,13-14H2,1-2H3,(H,26,30). The van der Waals surface area contributed by atoms with Crippen molar-refractivity contribution < 1.29 is 14.1 Å². The third-order valence-corrected chi connectivity index (χ3v) is 5.01.